The number of aryl methyl sites for hydroxylation is 2. The molecule has 0 atom stereocenters. The van der Waals surface area contributed by atoms with Crippen LogP contribution in [0.5, 0.6) is 0 Å². The molecule has 0 saturated carbocycles. The van der Waals surface area contributed by atoms with E-state index in [0.29, 0.717) is 44.6 Å². The number of nitrogens with zero attached hydrogens (tertiary/aromatic N) is 4. The van der Waals surface area contributed by atoms with Crippen molar-refractivity contribution in [1.29, 1.82) is 0 Å². The third-order valence-corrected chi connectivity index (χ3v) is 8.97. The maximum Gasteiger partial charge on any atom is 0.272 e. The third-order valence-electron chi connectivity index (χ3n) is 8.97. The molecule has 6 rings (SSSR count). The minimum Gasteiger partial charge on any atom is -0.395 e. The maximum atomic E-state index is 13.5. The predicted octanol–water partition coefficient (Wildman–Crippen LogP) is 3.77. The van der Waals surface area contributed by atoms with E-state index in [0.717, 1.165) is 22.3 Å². The summed E-state index contributed by atoms with van der Waals surface area (Å²) in [7, 11) is 3.45. The van der Waals surface area contributed by atoms with Gasteiger partial charge in [0.05, 0.1) is 35.0 Å². The number of aromatic nitrogens is 4. The first-order valence-corrected chi connectivity index (χ1v) is 15.5. The number of fused-ring (bicyclic) bond motifs is 2. The van der Waals surface area contributed by atoms with Crippen molar-refractivity contribution < 1.29 is 19.8 Å². The highest BCUT2D eigenvalue weighted by Gasteiger charge is 2.20. The number of amides is 2. The van der Waals surface area contributed by atoms with Crippen LogP contribution in [0.1, 0.15) is 32.1 Å². The Bertz CT molecular complexity index is 2190. The number of benzene rings is 2. The summed E-state index contributed by atoms with van der Waals surface area (Å²) in [6, 6.07) is 17.8. The molecule has 0 unspecified atom stereocenters. The van der Waals surface area contributed by atoms with Gasteiger partial charge < -0.3 is 39.1 Å². The molecule has 0 radical (unpaired) electrons. The number of aliphatic hydroxyl groups is 2. The van der Waals surface area contributed by atoms with Crippen molar-refractivity contribution in [3.8, 4) is 11.1 Å². The number of hydrogen-bond donors (Lipinski definition) is 4. The highest BCUT2D eigenvalue weighted by atomic mass is 16.3. The zero-order chi connectivity index (χ0) is 34.3. The molecule has 2 aromatic carbocycles. The van der Waals surface area contributed by atoms with Gasteiger partial charge in [-0.2, -0.15) is 0 Å². The number of rotatable bonds is 9. The number of aliphatic hydroxyl groups excluding tert-OH is 2. The summed E-state index contributed by atoms with van der Waals surface area (Å²) in [5.74, 6) is -0.754. The number of nitrogens with one attached hydrogen (secondary N) is 2. The number of anilines is 2. The van der Waals surface area contributed by atoms with Crippen molar-refractivity contribution in [2.24, 2.45) is 14.1 Å². The Morgan fingerprint density at radius 2 is 1.04 bits per heavy atom. The lowest BCUT2D eigenvalue weighted by molar-refractivity contribution is 0.101. The minimum absolute atomic E-state index is 0.166. The SMILES string of the molecule is Cc1c(NC(=O)c2cc3c(=O)n(CCO)ccc3n2C)cccc1-c1cccc(NC(=O)c2cc3c(=O)n(CCO)ccc3n2C)c1C. The first-order chi connectivity index (χ1) is 23.0. The van der Waals surface area contributed by atoms with Crippen LogP contribution < -0.4 is 21.8 Å². The van der Waals surface area contributed by atoms with Gasteiger partial charge in [-0.15, -0.1) is 0 Å². The lowest BCUT2D eigenvalue weighted by atomic mass is 9.94. The monoisotopic (exact) mass is 648 g/mol. The second kappa shape index (κ2) is 12.8. The molecule has 0 saturated heterocycles. The maximum absolute atomic E-state index is 13.5. The first-order valence-electron chi connectivity index (χ1n) is 15.5. The molecule has 4 aromatic heterocycles. The highest BCUT2D eigenvalue weighted by molar-refractivity contribution is 6.08. The second-order valence-corrected chi connectivity index (χ2v) is 11.7. The first kappa shape index (κ1) is 32.2. The summed E-state index contributed by atoms with van der Waals surface area (Å²) >= 11 is 0. The Balaban J connectivity index is 1.28. The Hall–Kier alpha value is -5.72. The van der Waals surface area contributed by atoms with Crippen LogP contribution in [0.15, 0.2) is 82.6 Å². The average Bonchev–Trinajstić information content (AvgIpc) is 3.59. The molecule has 12 nitrogen and oxygen atoms in total. The van der Waals surface area contributed by atoms with E-state index in [9.17, 15) is 29.4 Å². The summed E-state index contributed by atoms with van der Waals surface area (Å²) in [6.45, 7) is 3.80. The lowest BCUT2D eigenvalue weighted by Gasteiger charge is -2.17. The zero-order valence-electron chi connectivity index (χ0n) is 27.1. The van der Waals surface area contributed by atoms with Gasteiger partial charge in [-0.05, 0) is 72.5 Å². The summed E-state index contributed by atoms with van der Waals surface area (Å²) in [5, 5.41) is 25.3. The van der Waals surface area contributed by atoms with E-state index in [1.807, 2.05) is 50.2 Å². The molecule has 2 amide bonds. The van der Waals surface area contributed by atoms with Crippen LogP contribution in [-0.4, -0.2) is 53.5 Å². The third kappa shape index (κ3) is 5.50. The number of carbonyl (C=O) groups excluding carboxylic acids is 2. The van der Waals surface area contributed by atoms with E-state index in [1.165, 1.54) is 9.13 Å². The average molecular weight is 649 g/mol. The molecule has 48 heavy (non-hydrogen) atoms. The van der Waals surface area contributed by atoms with Gasteiger partial charge in [-0.1, -0.05) is 24.3 Å². The van der Waals surface area contributed by atoms with Crippen LogP contribution in [0.4, 0.5) is 11.4 Å². The fourth-order valence-electron chi connectivity index (χ4n) is 6.25. The Labute approximate surface area is 275 Å². The van der Waals surface area contributed by atoms with E-state index in [-0.39, 0.29) is 49.2 Å². The normalized spacial score (nSPS) is 11.4. The molecule has 4 N–H and O–H groups in total. The van der Waals surface area contributed by atoms with Crippen molar-refractivity contribution in [2.45, 2.75) is 26.9 Å². The summed E-state index contributed by atoms with van der Waals surface area (Å²) in [4.78, 5) is 52.8. The molecule has 0 bridgehead atoms. The van der Waals surface area contributed by atoms with Crippen LogP contribution >= 0.6 is 0 Å². The molecule has 246 valence electrons. The smallest absolute Gasteiger partial charge is 0.272 e. The number of carbonyl (C=O) groups is 2. The topological polar surface area (TPSA) is 153 Å². The van der Waals surface area contributed by atoms with Crippen molar-refractivity contribution >= 4 is 45.0 Å². The molecule has 4 heterocycles. The van der Waals surface area contributed by atoms with Crippen molar-refractivity contribution in [2.75, 3.05) is 23.8 Å². The molecule has 6 aromatic rings. The Kier molecular flexibility index (Phi) is 8.61. The molecule has 0 aliphatic rings. The lowest BCUT2D eigenvalue weighted by Crippen LogP contribution is -2.20. The predicted molar refractivity (Wildman–Crippen MR) is 186 cm³/mol. The highest BCUT2D eigenvalue weighted by Crippen LogP contribution is 2.34. The quantitative estimate of drug-likeness (QED) is 0.187. The van der Waals surface area contributed by atoms with E-state index in [1.54, 1.807) is 59.9 Å². The molecule has 0 fully saturated rings. The molecular weight excluding hydrogens is 612 g/mol. The van der Waals surface area contributed by atoms with Gasteiger partial charge in [0.25, 0.3) is 22.9 Å². The number of pyridine rings is 2. The molecule has 0 aliphatic heterocycles. The summed E-state index contributed by atoms with van der Waals surface area (Å²) in [5.41, 5.74) is 5.83. The molecular formula is C36H36N6O6. The molecule has 0 aliphatic carbocycles. The molecule has 0 spiro atoms. The van der Waals surface area contributed by atoms with E-state index < -0.39 is 0 Å². The summed E-state index contributed by atoms with van der Waals surface area (Å²) < 4.78 is 6.17. The van der Waals surface area contributed by atoms with Gasteiger partial charge in [0.15, 0.2) is 0 Å². The van der Waals surface area contributed by atoms with Gasteiger partial charge in [-0.25, -0.2) is 0 Å². The van der Waals surface area contributed by atoms with Gasteiger partial charge in [0.2, 0.25) is 0 Å². The number of hydrogen-bond acceptors (Lipinski definition) is 6. The Morgan fingerprint density at radius 1 is 0.646 bits per heavy atom. The fourth-order valence-corrected chi connectivity index (χ4v) is 6.25. The Morgan fingerprint density at radius 3 is 1.42 bits per heavy atom. The van der Waals surface area contributed by atoms with Crippen LogP contribution in [0.25, 0.3) is 32.9 Å². The van der Waals surface area contributed by atoms with Gasteiger partial charge in [0.1, 0.15) is 11.4 Å². The van der Waals surface area contributed by atoms with Crippen molar-refractivity contribution in [3.05, 3.63) is 116 Å². The van der Waals surface area contributed by atoms with Gasteiger partial charge in [0, 0.05) is 51.0 Å². The van der Waals surface area contributed by atoms with E-state index in [4.69, 9.17) is 0 Å². The molecule has 12 heteroatoms. The van der Waals surface area contributed by atoms with Crippen LogP contribution in [0.3, 0.4) is 0 Å². The van der Waals surface area contributed by atoms with Crippen LogP contribution in [-0.2, 0) is 27.2 Å². The largest absolute Gasteiger partial charge is 0.395 e. The van der Waals surface area contributed by atoms with Crippen molar-refractivity contribution in [3.63, 3.8) is 0 Å². The fraction of sp³-hybridized carbons (Fsp3) is 0.222. The summed E-state index contributed by atoms with van der Waals surface area (Å²) in [6.07, 6.45) is 3.21. The van der Waals surface area contributed by atoms with Crippen LogP contribution in [0, 0.1) is 13.8 Å². The minimum atomic E-state index is -0.377. The van der Waals surface area contributed by atoms with Crippen LogP contribution in [0.2, 0.25) is 0 Å². The van der Waals surface area contributed by atoms with Crippen molar-refractivity contribution in [1.82, 2.24) is 18.3 Å². The standard InChI is InChI=1S/C36H36N6O6/c1-21-23(7-5-9-27(21)37-33(45)31-19-25-29(39(31)3)11-13-41(15-17-43)35(25)47)24-8-6-10-28(22(24)2)38-34(46)32-20-26-30(40(32)4)12-14-42(16-18-44)36(26)48/h5-14,19-20,43-44H,15-18H2,1-4H3,(H,37,45)(H,38,46). The second-order valence-electron chi connectivity index (χ2n) is 11.7. The van der Waals surface area contributed by atoms with E-state index in [2.05, 4.69) is 10.6 Å². The van der Waals surface area contributed by atoms with Gasteiger partial charge >= 0.3 is 0 Å². The van der Waals surface area contributed by atoms with E-state index >= 15 is 0 Å². The zero-order valence-corrected chi connectivity index (χ0v) is 27.1. The van der Waals surface area contributed by atoms with Gasteiger partial charge in [-0.3, -0.25) is 19.2 Å².